The number of hydrogen-bond donors (Lipinski definition) is 1. The lowest BCUT2D eigenvalue weighted by Crippen LogP contribution is -2.59. The Bertz CT molecular complexity index is 804. The van der Waals surface area contributed by atoms with Gasteiger partial charge in [-0.15, -0.1) is 0 Å². The molecule has 1 fully saturated rings. The van der Waals surface area contributed by atoms with Gasteiger partial charge in [-0.05, 0) is 68.4 Å². The van der Waals surface area contributed by atoms with E-state index in [0.717, 1.165) is 12.8 Å². The summed E-state index contributed by atoms with van der Waals surface area (Å²) in [4.78, 5) is 29.3. The van der Waals surface area contributed by atoms with Crippen molar-refractivity contribution in [2.24, 2.45) is 5.41 Å². The minimum absolute atomic E-state index is 0.00133. The van der Waals surface area contributed by atoms with Crippen molar-refractivity contribution in [2.45, 2.75) is 162 Å². The molecule has 0 aromatic heterocycles. The van der Waals surface area contributed by atoms with Gasteiger partial charge >= 0.3 is 0 Å². The summed E-state index contributed by atoms with van der Waals surface area (Å²) in [7, 11) is -4.48. The number of carbonyl (C=O) groups is 2. The highest BCUT2D eigenvalue weighted by Gasteiger charge is 2.55. The molecular formula is C29H60N2O4Si2. The van der Waals surface area contributed by atoms with Crippen LogP contribution < -0.4 is 5.32 Å². The third kappa shape index (κ3) is 9.18. The first-order valence-electron chi connectivity index (χ1n) is 14.2. The van der Waals surface area contributed by atoms with Gasteiger partial charge in [-0.1, -0.05) is 69.2 Å². The molecular weight excluding hydrogens is 497 g/mol. The zero-order chi connectivity index (χ0) is 29.4. The standard InChI is InChI=1S/C29H60N2O4Si2/c1-17-18-22(32)31-19-21(34-36(13,14)27(5,6)7)24(35-37(15,16)28(8,9)10)23(31)25(33)30-29(11,12)20-26(2,3)4/h21,23-24H,17-20H2,1-16H3,(H,30,33)/t21-,23?,24+/m0/s1. The zero-order valence-electron chi connectivity index (χ0n) is 27.1. The summed E-state index contributed by atoms with van der Waals surface area (Å²) < 4.78 is 14.0. The molecule has 0 bridgehead atoms. The first-order chi connectivity index (χ1) is 16.2. The molecule has 8 heteroatoms. The third-order valence-corrected chi connectivity index (χ3v) is 17.3. The molecule has 0 aromatic rings. The summed E-state index contributed by atoms with van der Waals surface area (Å²) in [6, 6.07) is -0.706. The molecule has 0 spiro atoms. The van der Waals surface area contributed by atoms with Gasteiger partial charge in [-0.2, -0.15) is 0 Å². The fraction of sp³-hybridized carbons (Fsp3) is 0.931. The summed E-state index contributed by atoms with van der Waals surface area (Å²) in [6.45, 7) is 35.2. The van der Waals surface area contributed by atoms with E-state index >= 15 is 0 Å². The molecule has 218 valence electrons. The van der Waals surface area contributed by atoms with Gasteiger partial charge in [-0.25, -0.2) is 0 Å². The van der Waals surface area contributed by atoms with Crippen LogP contribution in [0.1, 0.15) is 102 Å². The van der Waals surface area contributed by atoms with Crippen molar-refractivity contribution in [1.29, 1.82) is 0 Å². The monoisotopic (exact) mass is 556 g/mol. The number of nitrogens with zero attached hydrogens (tertiary/aromatic N) is 1. The first kappa shape index (κ1) is 34.3. The Balaban J connectivity index is 3.59. The minimum Gasteiger partial charge on any atom is -0.409 e. The molecule has 0 aliphatic carbocycles. The Morgan fingerprint density at radius 2 is 1.30 bits per heavy atom. The molecule has 0 radical (unpaired) electrons. The van der Waals surface area contributed by atoms with Crippen molar-refractivity contribution in [3.05, 3.63) is 0 Å². The van der Waals surface area contributed by atoms with Crippen LogP contribution in [-0.4, -0.2) is 63.7 Å². The van der Waals surface area contributed by atoms with Crippen LogP contribution in [-0.2, 0) is 18.4 Å². The zero-order valence-corrected chi connectivity index (χ0v) is 29.1. The summed E-state index contributed by atoms with van der Waals surface area (Å²) >= 11 is 0. The molecule has 1 unspecified atom stereocenters. The Morgan fingerprint density at radius 3 is 1.70 bits per heavy atom. The van der Waals surface area contributed by atoms with Gasteiger partial charge in [-0.3, -0.25) is 9.59 Å². The van der Waals surface area contributed by atoms with Crippen molar-refractivity contribution >= 4 is 28.4 Å². The summed E-state index contributed by atoms with van der Waals surface area (Å²) in [5, 5.41) is 3.27. The lowest BCUT2D eigenvalue weighted by molar-refractivity contribution is -0.141. The number of amides is 2. The van der Waals surface area contributed by atoms with E-state index in [0.29, 0.717) is 13.0 Å². The van der Waals surface area contributed by atoms with Crippen LogP contribution in [0.4, 0.5) is 0 Å². The van der Waals surface area contributed by atoms with E-state index in [-0.39, 0.29) is 33.4 Å². The average Bonchev–Trinajstić information content (AvgIpc) is 2.94. The molecule has 1 rings (SSSR count). The molecule has 0 aromatic carbocycles. The Kier molecular flexibility index (Phi) is 10.6. The quantitative estimate of drug-likeness (QED) is 0.307. The molecule has 1 N–H and O–H groups in total. The largest absolute Gasteiger partial charge is 0.409 e. The maximum atomic E-state index is 14.1. The van der Waals surface area contributed by atoms with Gasteiger partial charge < -0.3 is 19.1 Å². The molecule has 1 aliphatic rings. The summed E-state index contributed by atoms with van der Waals surface area (Å²) in [6.07, 6.45) is 1.13. The van der Waals surface area contributed by atoms with Crippen molar-refractivity contribution in [1.82, 2.24) is 10.2 Å². The van der Waals surface area contributed by atoms with Crippen molar-refractivity contribution in [2.75, 3.05) is 6.54 Å². The van der Waals surface area contributed by atoms with Crippen LogP contribution in [0.15, 0.2) is 0 Å². The minimum atomic E-state index is -2.28. The Hall–Kier alpha value is -0.706. The topological polar surface area (TPSA) is 67.9 Å². The summed E-state index contributed by atoms with van der Waals surface area (Å²) in [5.74, 6) is -0.134. The second-order valence-corrected chi connectivity index (χ2v) is 25.6. The van der Waals surface area contributed by atoms with Crippen LogP contribution in [0.25, 0.3) is 0 Å². The highest BCUT2D eigenvalue weighted by atomic mass is 28.4. The van der Waals surface area contributed by atoms with Gasteiger partial charge in [0.2, 0.25) is 11.8 Å². The maximum absolute atomic E-state index is 14.1. The van der Waals surface area contributed by atoms with Crippen LogP contribution in [0.3, 0.4) is 0 Å². The van der Waals surface area contributed by atoms with Crippen LogP contribution in [0, 0.1) is 5.41 Å². The number of hydrogen-bond acceptors (Lipinski definition) is 4. The van der Waals surface area contributed by atoms with Crippen molar-refractivity contribution in [3.63, 3.8) is 0 Å². The van der Waals surface area contributed by atoms with Crippen molar-refractivity contribution < 1.29 is 18.4 Å². The van der Waals surface area contributed by atoms with Crippen molar-refractivity contribution in [3.8, 4) is 0 Å². The highest BCUT2D eigenvalue weighted by Crippen LogP contribution is 2.43. The van der Waals surface area contributed by atoms with Crippen LogP contribution in [0.5, 0.6) is 0 Å². The van der Waals surface area contributed by atoms with Gasteiger partial charge in [0, 0.05) is 18.5 Å². The molecule has 1 heterocycles. The van der Waals surface area contributed by atoms with E-state index in [4.69, 9.17) is 8.85 Å². The number of likely N-dealkylation sites (tertiary alicyclic amines) is 1. The van der Waals surface area contributed by atoms with Gasteiger partial charge in [0.15, 0.2) is 16.6 Å². The SMILES string of the molecule is CCCC(=O)N1C[C@H](O[Si](C)(C)C(C)(C)C)[C@@H](O[Si](C)(C)C(C)(C)C)C1C(=O)NC(C)(C)CC(C)(C)C. The second kappa shape index (κ2) is 11.4. The molecule has 3 atom stereocenters. The fourth-order valence-corrected chi connectivity index (χ4v) is 7.43. The second-order valence-electron chi connectivity index (χ2n) is 16.1. The van der Waals surface area contributed by atoms with Gasteiger partial charge in [0.05, 0.1) is 6.10 Å². The smallest absolute Gasteiger partial charge is 0.245 e. The molecule has 1 aliphatic heterocycles. The predicted octanol–water partition coefficient (Wildman–Crippen LogP) is 7.11. The van der Waals surface area contributed by atoms with E-state index in [2.05, 4.69) is 108 Å². The van der Waals surface area contributed by atoms with E-state index in [9.17, 15) is 9.59 Å². The van der Waals surface area contributed by atoms with E-state index < -0.39 is 34.3 Å². The Labute approximate surface area is 231 Å². The first-order valence-corrected chi connectivity index (χ1v) is 20.0. The van der Waals surface area contributed by atoms with Gasteiger partial charge in [0.1, 0.15) is 12.1 Å². The van der Waals surface area contributed by atoms with Gasteiger partial charge in [0.25, 0.3) is 0 Å². The van der Waals surface area contributed by atoms with Crippen LogP contribution in [0.2, 0.25) is 36.3 Å². The lowest BCUT2D eigenvalue weighted by Gasteiger charge is -2.44. The number of nitrogens with one attached hydrogen (secondary N) is 1. The Morgan fingerprint density at radius 1 is 0.838 bits per heavy atom. The molecule has 6 nitrogen and oxygen atoms in total. The highest BCUT2D eigenvalue weighted by molar-refractivity contribution is 6.74. The van der Waals surface area contributed by atoms with E-state index in [1.54, 1.807) is 4.90 Å². The van der Waals surface area contributed by atoms with E-state index in [1.165, 1.54) is 0 Å². The lowest BCUT2D eigenvalue weighted by atomic mass is 9.81. The average molecular weight is 557 g/mol. The molecule has 0 saturated carbocycles. The number of rotatable bonds is 9. The molecule has 1 saturated heterocycles. The van der Waals surface area contributed by atoms with E-state index in [1.807, 2.05) is 6.92 Å². The maximum Gasteiger partial charge on any atom is 0.245 e. The number of carbonyl (C=O) groups excluding carboxylic acids is 2. The summed E-state index contributed by atoms with van der Waals surface area (Å²) in [5.41, 5.74) is -0.371. The predicted molar refractivity (Wildman–Crippen MR) is 161 cm³/mol. The molecule has 2 amide bonds. The fourth-order valence-electron chi connectivity index (χ4n) is 4.79. The van der Waals surface area contributed by atoms with Crippen LogP contribution >= 0.6 is 0 Å². The molecule has 37 heavy (non-hydrogen) atoms. The third-order valence-electron chi connectivity index (χ3n) is 8.37. The normalized spacial score (nSPS) is 22.4.